The van der Waals surface area contributed by atoms with Crippen molar-refractivity contribution in [1.29, 1.82) is 0 Å². The molecule has 1 amide bonds. The summed E-state index contributed by atoms with van der Waals surface area (Å²) in [6.07, 6.45) is 1.59. The molecule has 3 aromatic rings. The minimum absolute atomic E-state index is 0.135. The van der Waals surface area contributed by atoms with Crippen LogP contribution in [-0.2, 0) is 4.79 Å². The molecule has 1 heterocycles. The number of pyridine rings is 1. The summed E-state index contributed by atoms with van der Waals surface area (Å²) in [5, 5.41) is 2.89. The van der Waals surface area contributed by atoms with Crippen molar-refractivity contribution >= 4 is 11.6 Å². The Morgan fingerprint density at radius 3 is 2.27 bits per heavy atom. The zero-order valence-electron chi connectivity index (χ0n) is 15.1. The number of amides is 1. The molecule has 0 saturated carbocycles. The van der Waals surface area contributed by atoms with E-state index in [9.17, 15) is 4.79 Å². The van der Waals surface area contributed by atoms with E-state index in [1.54, 1.807) is 36.5 Å². The molecule has 1 N–H and O–H groups in total. The molecule has 4 heteroatoms. The van der Waals surface area contributed by atoms with Crippen LogP contribution in [0.5, 0.6) is 0 Å². The monoisotopic (exact) mass is 348 g/mol. The number of carbonyl (C=O) groups excluding carboxylic acids is 1. The highest BCUT2D eigenvalue weighted by atomic mass is 19.1. The molecule has 0 unspecified atom stereocenters. The lowest BCUT2D eigenvalue weighted by Gasteiger charge is -2.19. The number of anilines is 1. The van der Waals surface area contributed by atoms with Crippen LogP contribution in [0.15, 0.2) is 66.9 Å². The van der Waals surface area contributed by atoms with Gasteiger partial charge in [0.1, 0.15) is 5.69 Å². The van der Waals surface area contributed by atoms with Crippen LogP contribution < -0.4 is 5.32 Å². The van der Waals surface area contributed by atoms with Crippen LogP contribution in [0.25, 0.3) is 22.4 Å². The molecule has 0 radical (unpaired) electrons. The quantitative estimate of drug-likeness (QED) is 0.675. The number of hydrogen-bond donors (Lipinski definition) is 1. The molecule has 1 aromatic heterocycles. The Morgan fingerprint density at radius 2 is 1.58 bits per heavy atom. The van der Waals surface area contributed by atoms with E-state index in [0.717, 1.165) is 5.56 Å². The van der Waals surface area contributed by atoms with Crippen molar-refractivity contribution in [2.24, 2.45) is 5.41 Å². The Kier molecular flexibility index (Phi) is 4.85. The lowest BCUT2D eigenvalue weighted by molar-refractivity contribution is -0.123. The molecule has 0 fully saturated rings. The summed E-state index contributed by atoms with van der Waals surface area (Å²) in [4.78, 5) is 16.6. The number of halogens is 1. The van der Waals surface area contributed by atoms with Gasteiger partial charge in [-0.25, -0.2) is 4.39 Å². The first kappa shape index (κ1) is 17.8. The lowest BCUT2D eigenvalue weighted by atomic mass is 9.95. The standard InChI is InChI=1S/C22H21FN2O/c1-22(2,3)21(26)25-18-12-8-7-11-17(18)20-19(23)16(13-14-24-20)15-9-5-4-6-10-15/h4-14H,1-3H3,(H,25,26). The molecule has 132 valence electrons. The van der Waals surface area contributed by atoms with Gasteiger partial charge in [-0.15, -0.1) is 0 Å². The third kappa shape index (κ3) is 3.64. The molecule has 3 nitrogen and oxygen atoms in total. The van der Waals surface area contributed by atoms with Gasteiger partial charge in [0, 0.05) is 22.7 Å². The van der Waals surface area contributed by atoms with Gasteiger partial charge < -0.3 is 5.32 Å². The van der Waals surface area contributed by atoms with E-state index < -0.39 is 11.2 Å². The van der Waals surface area contributed by atoms with Crippen molar-refractivity contribution in [3.63, 3.8) is 0 Å². The Morgan fingerprint density at radius 1 is 0.923 bits per heavy atom. The predicted molar refractivity (Wildman–Crippen MR) is 103 cm³/mol. The maximum absolute atomic E-state index is 15.2. The van der Waals surface area contributed by atoms with E-state index in [4.69, 9.17) is 0 Å². The number of aromatic nitrogens is 1. The second kappa shape index (κ2) is 7.08. The zero-order valence-corrected chi connectivity index (χ0v) is 15.1. The number of nitrogens with zero attached hydrogens (tertiary/aromatic N) is 1. The minimum atomic E-state index is -0.551. The fraction of sp³-hybridized carbons (Fsp3) is 0.182. The van der Waals surface area contributed by atoms with E-state index in [1.165, 1.54) is 0 Å². The Balaban J connectivity index is 2.07. The predicted octanol–water partition coefficient (Wildman–Crippen LogP) is 5.54. The second-order valence-corrected chi connectivity index (χ2v) is 7.14. The summed E-state index contributed by atoms with van der Waals surface area (Å²) in [6.45, 7) is 5.50. The van der Waals surface area contributed by atoms with Crippen LogP contribution in [0.2, 0.25) is 0 Å². The van der Waals surface area contributed by atoms with Crippen LogP contribution in [0, 0.1) is 11.2 Å². The van der Waals surface area contributed by atoms with E-state index in [2.05, 4.69) is 10.3 Å². The van der Waals surface area contributed by atoms with Gasteiger partial charge in [-0.2, -0.15) is 0 Å². The van der Waals surface area contributed by atoms with Gasteiger partial charge in [0.2, 0.25) is 5.91 Å². The molecule has 0 aliphatic heterocycles. The first-order valence-corrected chi connectivity index (χ1v) is 8.48. The highest BCUT2D eigenvalue weighted by Gasteiger charge is 2.23. The van der Waals surface area contributed by atoms with Crippen molar-refractivity contribution in [2.45, 2.75) is 20.8 Å². The summed E-state index contributed by atoms with van der Waals surface area (Å²) < 4.78 is 15.2. The summed E-state index contributed by atoms with van der Waals surface area (Å²) in [5.74, 6) is -0.541. The molecular weight excluding hydrogens is 327 g/mol. The number of nitrogens with one attached hydrogen (secondary N) is 1. The smallest absolute Gasteiger partial charge is 0.229 e. The summed E-state index contributed by atoms with van der Waals surface area (Å²) in [6, 6.07) is 18.1. The third-order valence-corrected chi connectivity index (χ3v) is 4.09. The SMILES string of the molecule is CC(C)(C)C(=O)Nc1ccccc1-c1nccc(-c2ccccc2)c1F. The third-order valence-electron chi connectivity index (χ3n) is 4.09. The molecule has 0 atom stereocenters. The van der Waals surface area contributed by atoms with Crippen LogP contribution in [0.1, 0.15) is 20.8 Å². The van der Waals surface area contributed by atoms with Gasteiger partial charge in [-0.3, -0.25) is 9.78 Å². The Bertz CT molecular complexity index is 930. The van der Waals surface area contributed by atoms with Crippen molar-refractivity contribution in [3.05, 3.63) is 72.7 Å². The Labute approximate surface area is 152 Å². The number of carbonyl (C=O) groups is 1. The van der Waals surface area contributed by atoms with E-state index >= 15 is 4.39 Å². The highest BCUT2D eigenvalue weighted by Crippen LogP contribution is 2.33. The molecule has 0 spiro atoms. The molecule has 0 aliphatic carbocycles. The maximum Gasteiger partial charge on any atom is 0.229 e. The number of benzene rings is 2. The average molecular weight is 348 g/mol. The lowest BCUT2D eigenvalue weighted by Crippen LogP contribution is -2.27. The van der Waals surface area contributed by atoms with Crippen LogP contribution in [0.3, 0.4) is 0 Å². The normalized spacial score (nSPS) is 11.2. The number of para-hydroxylation sites is 1. The van der Waals surface area contributed by atoms with Gasteiger partial charge in [0.25, 0.3) is 0 Å². The molecule has 26 heavy (non-hydrogen) atoms. The minimum Gasteiger partial charge on any atom is -0.325 e. The first-order valence-electron chi connectivity index (χ1n) is 8.48. The van der Waals surface area contributed by atoms with Crippen LogP contribution >= 0.6 is 0 Å². The highest BCUT2D eigenvalue weighted by molar-refractivity contribution is 5.98. The van der Waals surface area contributed by atoms with Crippen molar-refractivity contribution in [3.8, 4) is 22.4 Å². The fourth-order valence-electron chi connectivity index (χ4n) is 2.58. The van der Waals surface area contributed by atoms with Crippen molar-refractivity contribution < 1.29 is 9.18 Å². The largest absolute Gasteiger partial charge is 0.325 e. The van der Waals surface area contributed by atoms with E-state index in [-0.39, 0.29) is 11.6 Å². The van der Waals surface area contributed by atoms with E-state index in [0.29, 0.717) is 16.8 Å². The summed E-state index contributed by atoms with van der Waals surface area (Å²) in [5.41, 5.74) is 2.03. The van der Waals surface area contributed by atoms with Gasteiger partial charge in [-0.1, -0.05) is 69.3 Å². The molecule has 3 rings (SSSR count). The molecule has 0 aliphatic rings. The van der Waals surface area contributed by atoms with Crippen molar-refractivity contribution in [1.82, 2.24) is 4.98 Å². The van der Waals surface area contributed by atoms with Gasteiger partial charge in [0.05, 0.1) is 5.69 Å². The van der Waals surface area contributed by atoms with E-state index in [1.807, 2.05) is 51.1 Å². The van der Waals surface area contributed by atoms with Gasteiger partial charge in [0.15, 0.2) is 5.82 Å². The molecule has 0 saturated heterocycles. The van der Waals surface area contributed by atoms with Crippen LogP contribution in [-0.4, -0.2) is 10.9 Å². The topological polar surface area (TPSA) is 42.0 Å². The second-order valence-electron chi connectivity index (χ2n) is 7.14. The van der Waals surface area contributed by atoms with Crippen LogP contribution in [0.4, 0.5) is 10.1 Å². The Hall–Kier alpha value is -3.01. The molecule has 0 bridgehead atoms. The first-order chi connectivity index (χ1) is 12.4. The zero-order chi connectivity index (χ0) is 18.7. The molecular formula is C22H21FN2O. The average Bonchev–Trinajstić information content (AvgIpc) is 2.62. The van der Waals surface area contributed by atoms with Gasteiger partial charge in [-0.05, 0) is 17.7 Å². The maximum atomic E-state index is 15.2. The van der Waals surface area contributed by atoms with Crippen molar-refractivity contribution in [2.75, 3.05) is 5.32 Å². The van der Waals surface area contributed by atoms with Gasteiger partial charge >= 0.3 is 0 Å². The number of rotatable bonds is 3. The summed E-state index contributed by atoms with van der Waals surface area (Å²) in [7, 11) is 0. The fourth-order valence-corrected chi connectivity index (χ4v) is 2.58. The number of hydrogen-bond acceptors (Lipinski definition) is 2. The molecule has 2 aromatic carbocycles. The summed E-state index contributed by atoms with van der Waals surface area (Å²) >= 11 is 0.